The van der Waals surface area contributed by atoms with E-state index in [4.69, 9.17) is 12.2 Å². The second-order valence-corrected chi connectivity index (χ2v) is 7.89. The number of anilines is 2. The summed E-state index contributed by atoms with van der Waals surface area (Å²) in [5.41, 5.74) is 1.86. The molecule has 1 aromatic rings. The lowest BCUT2D eigenvalue weighted by molar-refractivity contribution is -0.117. The summed E-state index contributed by atoms with van der Waals surface area (Å²) in [5, 5.41) is 7.17. The van der Waals surface area contributed by atoms with Gasteiger partial charge in [-0.1, -0.05) is 13.0 Å². The summed E-state index contributed by atoms with van der Waals surface area (Å²) in [4.78, 5) is 16.3. The van der Waals surface area contributed by atoms with Crippen molar-refractivity contribution >= 4 is 34.6 Å². The van der Waals surface area contributed by atoms with E-state index in [0.717, 1.165) is 49.8 Å². The van der Waals surface area contributed by atoms with Gasteiger partial charge in [-0.05, 0) is 75.1 Å². The van der Waals surface area contributed by atoms with Gasteiger partial charge < -0.3 is 20.4 Å². The summed E-state index contributed by atoms with van der Waals surface area (Å²) in [7, 11) is 0. The molecule has 0 bridgehead atoms. The van der Waals surface area contributed by atoms with Crippen molar-refractivity contribution < 1.29 is 4.79 Å². The highest BCUT2D eigenvalue weighted by atomic mass is 32.1. The number of carbonyl (C=O) groups is 1. The minimum Gasteiger partial charge on any atom is -0.362 e. The number of thiocarbonyl (C=S) groups is 1. The Hall–Kier alpha value is -1.66. The first-order chi connectivity index (χ1) is 12.6. The number of carbonyl (C=O) groups excluding carboxylic acids is 1. The first-order valence-corrected chi connectivity index (χ1v) is 10.2. The van der Waals surface area contributed by atoms with Gasteiger partial charge >= 0.3 is 0 Å². The third-order valence-corrected chi connectivity index (χ3v) is 5.41. The molecule has 2 N–H and O–H groups in total. The number of hydrogen-bond donors (Lipinski definition) is 2. The molecule has 2 aliphatic heterocycles. The molecule has 0 spiro atoms. The number of likely N-dealkylation sites (tertiary alicyclic amines) is 1. The second kappa shape index (κ2) is 9.33. The Kier molecular flexibility index (Phi) is 6.86. The molecule has 5 nitrogen and oxygen atoms in total. The lowest BCUT2D eigenvalue weighted by Crippen LogP contribution is -2.37. The fourth-order valence-corrected chi connectivity index (χ4v) is 4.06. The van der Waals surface area contributed by atoms with Gasteiger partial charge in [-0.2, -0.15) is 0 Å². The number of benzene rings is 1. The van der Waals surface area contributed by atoms with E-state index in [2.05, 4.69) is 22.5 Å². The minimum atomic E-state index is 0.204. The summed E-state index contributed by atoms with van der Waals surface area (Å²) >= 11 is 5.41. The normalized spacial score (nSPS) is 21.0. The molecule has 3 rings (SSSR count). The van der Waals surface area contributed by atoms with Gasteiger partial charge in [0.15, 0.2) is 5.11 Å². The zero-order valence-corrected chi connectivity index (χ0v) is 16.5. The molecule has 2 fully saturated rings. The molecule has 0 aliphatic carbocycles. The van der Waals surface area contributed by atoms with Crippen molar-refractivity contribution in [1.82, 2.24) is 10.2 Å². The van der Waals surface area contributed by atoms with E-state index < -0.39 is 0 Å². The first kappa shape index (κ1) is 19.1. The van der Waals surface area contributed by atoms with Gasteiger partial charge in [-0.15, -0.1) is 0 Å². The predicted molar refractivity (Wildman–Crippen MR) is 112 cm³/mol. The van der Waals surface area contributed by atoms with Crippen LogP contribution in [0.1, 0.15) is 39.0 Å². The van der Waals surface area contributed by atoms with Crippen molar-refractivity contribution in [2.24, 2.45) is 5.92 Å². The smallest absolute Gasteiger partial charge is 0.227 e. The Balaban J connectivity index is 1.40. The maximum absolute atomic E-state index is 11.9. The Morgan fingerprint density at radius 1 is 1.31 bits per heavy atom. The number of rotatable bonds is 6. The molecule has 1 atom stereocenters. The predicted octanol–water partition coefficient (Wildman–Crippen LogP) is 3.22. The summed E-state index contributed by atoms with van der Waals surface area (Å²) < 4.78 is 0. The van der Waals surface area contributed by atoms with Crippen LogP contribution >= 0.6 is 12.2 Å². The highest BCUT2D eigenvalue weighted by Crippen LogP contribution is 2.24. The molecule has 1 amide bonds. The van der Waals surface area contributed by atoms with E-state index >= 15 is 0 Å². The molecule has 26 heavy (non-hydrogen) atoms. The van der Waals surface area contributed by atoms with E-state index in [1.165, 1.54) is 25.9 Å². The van der Waals surface area contributed by atoms with Crippen molar-refractivity contribution in [1.29, 1.82) is 0 Å². The summed E-state index contributed by atoms with van der Waals surface area (Å²) in [5.74, 6) is 1.03. The van der Waals surface area contributed by atoms with Crippen molar-refractivity contribution in [3.8, 4) is 0 Å². The van der Waals surface area contributed by atoms with Crippen molar-refractivity contribution in [3.63, 3.8) is 0 Å². The standard InChI is InChI=1S/C20H30N4OS/c1-16-6-3-11-23(15-16)12-5-10-21-20(26)22-17-7-2-8-18(14-17)24-13-4-9-19(24)25/h2,7-8,14,16H,3-6,9-13,15H2,1H3,(H2,21,22,26)/t16-/m0/s1. The molecular weight excluding hydrogens is 344 g/mol. The average Bonchev–Trinajstić information content (AvgIpc) is 3.05. The van der Waals surface area contributed by atoms with Crippen molar-refractivity contribution in [3.05, 3.63) is 24.3 Å². The van der Waals surface area contributed by atoms with Crippen LogP contribution in [-0.2, 0) is 4.79 Å². The zero-order chi connectivity index (χ0) is 18.4. The van der Waals surface area contributed by atoms with Gasteiger partial charge in [-0.25, -0.2) is 0 Å². The van der Waals surface area contributed by atoms with Gasteiger partial charge in [0.1, 0.15) is 0 Å². The molecule has 142 valence electrons. The molecule has 2 saturated heterocycles. The van der Waals surface area contributed by atoms with Crippen LogP contribution in [0, 0.1) is 5.92 Å². The molecule has 0 aromatic heterocycles. The van der Waals surface area contributed by atoms with Crippen LogP contribution in [0.3, 0.4) is 0 Å². The molecule has 6 heteroatoms. The quantitative estimate of drug-likeness (QED) is 0.591. The van der Waals surface area contributed by atoms with Crippen molar-refractivity contribution in [2.75, 3.05) is 42.9 Å². The molecule has 0 radical (unpaired) electrons. The minimum absolute atomic E-state index is 0.204. The third-order valence-electron chi connectivity index (χ3n) is 5.17. The van der Waals surface area contributed by atoms with Crippen molar-refractivity contribution in [2.45, 2.75) is 39.0 Å². The van der Waals surface area contributed by atoms with Crippen LogP contribution in [0.15, 0.2) is 24.3 Å². The number of nitrogens with one attached hydrogen (secondary N) is 2. The molecular formula is C20H30N4OS. The Morgan fingerprint density at radius 2 is 2.19 bits per heavy atom. The Morgan fingerprint density at radius 3 is 2.96 bits per heavy atom. The fourth-order valence-electron chi connectivity index (χ4n) is 3.84. The van der Waals surface area contributed by atoms with Crippen LogP contribution in [0.4, 0.5) is 11.4 Å². The topological polar surface area (TPSA) is 47.6 Å². The van der Waals surface area contributed by atoms with E-state index in [1.54, 1.807) is 0 Å². The second-order valence-electron chi connectivity index (χ2n) is 7.48. The Labute approximate surface area is 162 Å². The lowest BCUT2D eigenvalue weighted by Gasteiger charge is -2.30. The largest absolute Gasteiger partial charge is 0.362 e. The van der Waals surface area contributed by atoms with Gasteiger partial charge in [0.05, 0.1) is 0 Å². The number of piperidine rings is 1. The van der Waals surface area contributed by atoms with Crippen LogP contribution in [0.2, 0.25) is 0 Å². The zero-order valence-electron chi connectivity index (χ0n) is 15.7. The summed E-state index contributed by atoms with van der Waals surface area (Å²) in [6, 6.07) is 7.91. The highest BCUT2D eigenvalue weighted by Gasteiger charge is 2.21. The van der Waals surface area contributed by atoms with E-state index in [-0.39, 0.29) is 5.91 Å². The molecule has 0 saturated carbocycles. The number of hydrogen-bond acceptors (Lipinski definition) is 3. The third kappa shape index (κ3) is 5.42. The van der Waals surface area contributed by atoms with Gasteiger partial charge in [0.25, 0.3) is 0 Å². The van der Waals surface area contributed by atoms with E-state index in [0.29, 0.717) is 11.5 Å². The van der Waals surface area contributed by atoms with Crippen LogP contribution in [0.5, 0.6) is 0 Å². The average molecular weight is 375 g/mol. The van der Waals surface area contributed by atoms with Gasteiger partial charge in [0, 0.05) is 37.4 Å². The maximum Gasteiger partial charge on any atom is 0.227 e. The monoisotopic (exact) mass is 374 g/mol. The summed E-state index contributed by atoms with van der Waals surface area (Å²) in [6.45, 7) is 7.61. The first-order valence-electron chi connectivity index (χ1n) is 9.79. The van der Waals surface area contributed by atoms with E-state index in [1.807, 2.05) is 29.2 Å². The molecule has 1 aromatic carbocycles. The fraction of sp³-hybridized carbons (Fsp3) is 0.600. The SMILES string of the molecule is C[C@H]1CCCN(CCCNC(=S)Nc2cccc(N3CCCC3=O)c2)C1. The molecule has 2 aliphatic rings. The van der Waals surface area contributed by atoms with Crippen LogP contribution in [-0.4, -0.2) is 48.6 Å². The molecule has 2 heterocycles. The maximum atomic E-state index is 11.9. The Bertz CT molecular complexity index is 636. The number of nitrogens with zero attached hydrogens (tertiary/aromatic N) is 2. The van der Waals surface area contributed by atoms with Crippen LogP contribution in [0.25, 0.3) is 0 Å². The van der Waals surface area contributed by atoms with Crippen LogP contribution < -0.4 is 15.5 Å². The lowest BCUT2D eigenvalue weighted by atomic mass is 10.0. The highest BCUT2D eigenvalue weighted by molar-refractivity contribution is 7.80. The van der Waals surface area contributed by atoms with Gasteiger partial charge in [0.2, 0.25) is 5.91 Å². The summed E-state index contributed by atoms with van der Waals surface area (Å²) in [6.07, 6.45) is 5.37. The van der Waals surface area contributed by atoms with Gasteiger partial charge in [-0.3, -0.25) is 4.79 Å². The molecule has 0 unspecified atom stereocenters. The van der Waals surface area contributed by atoms with E-state index in [9.17, 15) is 4.79 Å². The number of amides is 1.